The highest BCUT2D eigenvalue weighted by Gasteiger charge is 2.24. The fourth-order valence-corrected chi connectivity index (χ4v) is 4.52. The monoisotopic (exact) mass is 457 g/mol. The van der Waals surface area contributed by atoms with Crippen LogP contribution >= 0.6 is 15.9 Å². The zero-order valence-corrected chi connectivity index (χ0v) is 17.8. The second-order valence-corrected chi connectivity index (χ2v) is 7.87. The number of hydrogen-bond acceptors (Lipinski definition) is 2. The van der Waals surface area contributed by atoms with E-state index in [1.165, 1.54) is 0 Å². The Labute approximate surface area is 181 Å². The van der Waals surface area contributed by atoms with Crippen molar-refractivity contribution in [2.75, 3.05) is 7.11 Å². The smallest absolute Gasteiger partial charge is 0.321 e. The lowest BCUT2D eigenvalue weighted by Gasteiger charge is -2.13. The molecule has 30 heavy (non-hydrogen) atoms. The summed E-state index contributed by atoms with van der Waals surface area (Å²) in [7, 11) is 1.64. The lowest BCUT2D eigenvalue weighted by atomic mass is 9.96. The number of pyridine rings is 2. The van der Waals surface area contributed by atoms with Crippen LogP contribution in [0, 0.1) is 0 Å². The quantitative estimate of drug-likeness (QED) is 0.291. The standard InChI is InChI=1S/C25H17BrN2O2/c1-30-17-9-7-8-16(14-17)22-20-15-21(26)18-10-3-4-11-19(18)23(20)27-25(29)24(22)28-12-5-2-6-13-28/h2-15H,1H3/p+1. The highest BCUT2D eigenvalue weighted by molar-refractivity contribution is 9.10. The van der Waals surface area contributed by atoms with Crippen LogP contribution in [0.2, 0.25) is 0 Å². The van der Waals surface area contributed by atoms with Gasteiger partial charge in [0.15, 0.2) is 12.4 Å². The van der Waals surface area contributed by atoms with E-state index in [4.69, 9.17) is 4.74 Å². The van der Waals surface area contributed by atoms with Gasteiger partial charge in [0, 0.05) is 27.4 Å². The van der Waals surface area contributed by atoms with E-state index in [-0.39, 0.29) is 5.56 Å². The predicted octanol–water partition coefficient (Wildman–Crippen LogP) is 5.40. The molecular formula is C25H18BrN2O2+. The molecule has 146 valence electrons. The van der Waals surface area contributed by atoms with Crippen LogP contribution in [0.1, 0.15) is 0 Å². The van der Waals surface area contributed by atoms with Gasteiger partial charge in [-0.05, 0) is 29.1 Å². The van der Waals surface area contributed by atoms with Crippen molar-refractivity contribution in [3.63, 3.8) is 0 Å². The first kappa shape index (κ1) is 18.6. The fourth-order valence-electron chi connectivity index (χ4n) is 3.94. The van der Waals surface area contributed by atoms with E-state index >= 15 is 0 Å². The molecule has 0 atom stereocenters. The van der Waals surface area contributed by atoms with E-state index in [1.807, 2.05) is 83.7 Å². The molecule has 2 heterocycles. The molecule has 3 aromatic carbocycles. The van der Waals surface area contributed by atoms with Crippen LogP contribution in [-0.4, -0.2) is 12.1 Å². The number of hydrogen-bond donors (Lipinski definition) is 1. The molecule has 0 fully saturated rings. The van der Waals surface area contributed by atoms with Gasteiger partial charge < -0.3 is 9.72 Å². The Bertz CT molecular complexity index is 1460. The molecule has 5 aromatic rings. The van der Waals surface area contributed by atoms with Crippen molar-refractivity contribution in [3.8, 4) is 22.6 Å². The summed E-state index contributed by atoms with van der Waals surface area (Å²) in [6.45, 7) is 0. The van der Waals surface area contributed by atoms with Crippen molar-refractivity contribution in [2.24, 2.45) is 0 Å². The second-order valence-electron chi connectivity index (χ2n) is 7.02. The number of aromatic nitrogens is 2. The van der Waals surface area contributed by atoms with Gasteiger partial charge in [-0.2, -0.15) is 4.57 Å². The Morgan fingerprint density at radius 1 is 0.867 bits per heavy atom. The third-order valence-electron chi connectivity index (χ3n) is 5.29. The molecule has 0 saturated heterocycles. The Morgan fingerprint density at radius 2 is 1.63 bits per heavy atom. The molecule has 5 heteroatoms. The van der Waals surface area contributed by atoms with Crippen molar-refractivity contribution in [2.45, 2.75) is 0 Å². The molecule has 0 spiro atoms. The average molecular weight is 458 g/mol. The number of nitrogens with zero attached hydrogens (tertiary/aromatic N) is 1. The molecule has 0 aliphatic carbocycles. The lowest BCUT2D eigenvalue weighted by molar-refractivity contribution is -0.596. The van der Waals surface area contributed by atoms with Crippen LogP contribution in [0.15, 0.2) is 94.5 Å². The van der Waals surface area contributed by atoms with Crippen LogP contribution < -0.4 is 14.9 Å². The van der Waals surface area contributed by atoms with Crippen LogP contribution in [0.25, 0.3) is 38.5 Å². The zero-order chi connectivity index (χ0) is 20.7. The fraction of sp³-hybridized carbons (Fsp3) is 0.0400. The van der Waals surface area contributed by atoms with Gasteiger partial charge in [-0.15, -0.1) is 0 Å². The van der Waals surface area contributed by atoms with Gasteiger partial charge in [0.1, 0.15) is 5.75 Å². The van der Waals surface area contributed by atoms with Crippen LogP contribution in [0.5, 0.6) is 5.75 Å². The van der Waals surface area contributed by atoms with Gasteiger partial charge in [0.25, 0.3) is 5.69 Å². The van der Waals surface area contributed by atoms with Crippen molar-refractivity contribution in [3.05, 3.63) is 100 Å². The van der Waals surface area contributed by atoms with E-state index in [1.54, 1.807) is 7.11 Å². The van der Waals surface area contributed by atoms with Crippen molar-refractivity contribution >= 4 is 37.6 Å². The molecule has 1 N–H and O–H groups in total. The first-order chi connectivity index (χ1) is 14.7. The summed E-state index contributed by atoms with van der Waals surface area (Å²) in [5.41, 5.74) is 3.01. The zero-order valence-electron chi connectivity index (χ0n) is 16.2. The van der Waals surface area contributed by atoms with Crippen LogP contribution in [0.4, 0.5) is 0 Å². The van der Waals surface area contributed by atoms with E-state index in [0.29, 0.717) is 5.69 Å². The van der Waals surface area contributed by atoms with Crippen LogP contribution in [0.3, 0.4) is 0 Å². The highest BCUT2D eigenvalue weighted by Crippen LogP contribution is 2.37. The second kappa shape index (κ2) is 7.43. The summed E-state index contributed by atoms with van der Waals surface area (Å²) in [5.74, 6) is 0.741. The molecule has 0 aliphatic rings. The number of nitrogens with one attached hydrogen (secondary N) is 1. The molecular weight excluding hydrogens is 440 g/mol. The van der Waals surface area contributed by atoms with Crippen molar-refractivity contribution < 1.29 is 9.30 Å². The van der Waals surface area contributed by atoms with Gasteiger partial charge in [-0.25, -0.2) is 0 Å². The van der Waals surface area contributed by atoms with Crippen molar-refractivity contribution in [1.29, 1.82) is 0 Å². The number of H-pyrrole nitrogens is 1. The summed E-state index contributed by atoms with van der Waals surface area (Å²) >= 11 is 3.73. The Morgan fingerprint density at radius 3 is 2.40 bits per heavy atom. The third-order valence-corrected chi connectivity index (χ3v) is 5.94. The first-order valence-electron chi connectivity index (χ1n) is 9.55. The predicted molar refractivity (Wildman–Crippen MR) is 123 cm³/mol. The van der Waals surface area contributed by atoms with E-state index in [0.717, 1.165) is 43.0 Å². The summed E-state index contributed by atoms with van der Waals surface area (Å²) in [5, 5.41) is 3.00. The molecule has 0 radical (unpaired) electrons. The molecule has 5 rings (SSSR count). The summed E-state index contributed by atoms with van der Waals surface area (Å²) in [6.07, 6.45) is 3.77. The number of halogens is 1. The molecule has 0 amide bonds. The first-order valence-corrected chi connectivity index (χ1v) is 10.3. The maximum Gasteiger partial charge on any atom is 0.321 e. The third kappa shape index (κ3) is 2.99. The van der Waals surface area contributed by atoms with Crippen LogP contribution in [-0.2, 0) is 0 Å². The van der Waals surface area contributed by atoms with Crippen molar-refractivity contribution in [1.82, 2.24) is 4.98 Å². The lowest BCUT2D eigenvalue weighted by Crippen LogP contribution is -2.37. The number of rotatable bonds is 3. The molecule has 0 unspecified atom stereocenters. The average Bonchev–Trinajstić information content (AvgIpc) is 2.80. The van der Waals surface area contributed by atoms with Gasteiger partial charge in [-0.1, -0.05) is 58.4 Å². The number of ether oxygens (including phenoxy) is 1. The molecule has 4 nitrogen and oxygen atoms in total. The largest absolute Gasteiger partial charge is 0.497 e. The molecule has 2 aromatic heterocycles. The number of aromatic amines is 1. The Balaban J connectivity index is 2.00. The summed E-state index contributed by atoms with van der Waals surface area (Å²) < 4.78 is 8.29. The SMILES string of the molecule is COc1cccc(-c2c(-[n+]3ccccc3)c(=O)[nH]c3c2cc(Br)c2ccccc23)c1. The topological polar surface area (TPSA) is 46.0 Å². The minimum Gasteiger partial charge on any atom is -0.497 e. The van der Waals surface area contributed by atoms with E-state index < -0.39 is 0 Å². The molecule has 0 aliphatic heterocycles. The number of methoxy groups -OCH3 is 1. The molecule has 0 bridgehead atoms. The Hall–Kier alpha value is -3.44. The summed E-state index contributed by atoms with van der Waals surface area (Å²) in [4.78, 5) is 16.5. The normalized spacial score (nSPS) is 11.1. The maximum atomic E-state index is 13.4. The van der Waals surface area contributed by atoms with Gasteiger partial charge >= 0.3 is 5.56 Å². The van der Waals surface area contributed by atoms with Gasteiger partial charge in [0.05, 0.1) is 18.2 Å². The maximum absolute atomic E-state index is 13.4. The van der Waals surface area contributed by atoms with E-state index in [2.05, 4.69) is 27.0 Å². The summed E-state index contributed by atoms with van der Waals surface area (Å²) in [6, 6.07) is 23.7. The van der Waals surface area contributed by atoms with Gasteiger partial charge in [0.2, 0.25) is 0 Å². The minimum atomic E-state index is -0.149. The molecule has 0 saturated carbocycles. The van der Waals surface area contributed by atoms with Gasteiger partial charge in [-0.3, -0.25) is 4.79 Å². The Kier molecular flexibility index (Phi) is 4.60. The van der Waals surface area contributed by atoms with E-state index in [9.17, 15) is 4.79 Å². The highest BCUT2D eigenvalue weighted by atomic mass is 79.9. The number of fused-ring (bicyclic) bond motifs is 3. The minimum absolute atomic E-state index is 0.149. The number of benzene rings is 3.